The van der Waals surface area contributed by atoms with Crippen LogP contribution in [0.3, 0.4) is 0 Å². The molecule has 0 saturated carbocycles. The van der Waals surface area contributed by atoms with Crippen molar-refractivity contribution in [2.75, 3.05) is 13.1 Å². The lowest BCUT2D eigenvalue weighted by Gasteiger charge is -2.30. The van der Waals surface area contributed by atoms with Crippen molar-refractivity contribution in [1.29, 1.82) is 0 Å². The maximum atomic E-state index is 13.0. The first kappa shape index (κ1) is 14.6. The van der Waals surface area contributed by atoms with Gasteiger partial charge in [0.15, 0.2) is 0 Å². The zero-order chi connectivity index (χ0) is 14.7. The largest absolute Gasteiger partial charge is 0.488 e. The van der Waals surface area contributed by atoms with Crippen LogP contribution in [0.2, 0.25) is 0 Å². The molecule has 0 radical (unpaired) electrons. The molecule has 1 aliphatic heterocycles. The highest BCUT2D eigenvalue weighted by Crippen LogP contribution is 2.34. The summed E-state index contributed by atoms with van der Waals surface area (Å²) in [4.78, 5) is 9.94. The Morgan fingerprint density at radius 2 is 2.25 bits per heavy atom. The third kappa shape index (κ3) is 3.22. The Morgan fingerprint density at radius 3 is 2.85 bits per heavy atom. The standard InChI is InChI=1S/C13H16F2N2O3/c1-8-4-5-16-7-12(8)20-11-3-2-9(17(18)19)6-10(11)13(14)15/h2-3,6,8,12-13,16H,4-5,7H2,1H3. The van der Waals surface area contributed by atoms with Crippen LogP contribution in [0, 0.1) is 16.0 Å². The summed E-state index contributed by atoms with van der Waals surface area (Å²) in [6, 6.07) is 3.31. The molecule has 0 aliphatic carbocycles. The number of halogens is 2. The smallest absolute Gasteiger partial charge is 0.270 e. The van der Waals surface area contributed by atoms with Crippen LogP contribution in [-0.2, 0) is 0 Å². The van der Waals surface area contributed by atoms with Crippen LogP contribution in [0.25, 0.3) is 0 Å². The first-order chi connectivity index (χ1) is 9.49. The van der Waals surface area contributed by atoms with E-state index in [2.05, 4.69) is 5.32 Å². The number of non-ortho nitro benzene ring substituents is 1. The molecule has 1 aromatic rings. The van der Waals surface area contributed by atoms with Gasteiger partial charge in [-0.15, -0.1) is 0 Å². The van der Waals surface area contributed by atoms with E-state index in [-0.39, 0.29) is 23.5 Å². The normalized spacial score (nSPS) is 22.8. The zero-order valence-electron chi connectivity index (χ0n) is 11.0. The average molecular weight is 286 g/mol. The van der Waals surface area contributed by atoms with Gasteiger partial charge in [-0.3, -0.25) is 10.1 Å². The Labute approximate surface area is 115 Å². The monoisotopic (exact) mass is 286 g/mol. The molecule has 7 heteroatoms. The van der Waals surface area contributed by atoms with E-state index >= 15 is 0 Å². The van der Waals surface area contributed by atoms with Crippen LogP contribution in [0.15, 0.2) is 18.2 Å². The number of nitrogens with one attached hydrogen (secondary N) is 1. The van der Waals surface area contributed by atoms with E-state index in [4.69, 9.17) is 4.74 Å². The highest BCUT2D eigenvalue weighted by Gasteiger charge is 2.26. The predicted molar refractivity (Wildman–Crippen MR) is 69.1 cm³/mol. The number of benzene rings is 1. The fourth-order valence-electron chi connectivity index (χ4n) is 2.21. The van der Waals surface area contributed by atoms with Gasteiger partial charge in [-0.25, -0.2) is 8.78 Å². The second kappa shape index (κ2) is 6.13. The molecule has 1 aliphatic rings. The summed E-state index contributed by atoms with van der Waals surface area (Å²) in [5, 5.41) is 13.8. The van der Waals surface area contributed by atoms with E-state index in [0.29, 0.717) is 6.54 Å². The van der Waals surface area contributed by atoms with Gasteiger partial charge in [0, 0.05) is 18.7 Å². The Hall–Kier alpha value is -1.76. The van der Waals surface area contributed by atoms with E-state index in [9.17, 15) is 18.9 Å². The predicted octanol–water partition coefficient (Wildman–Crippen LogP) is 2.91. The molecule has 1 fully saturated rings. The zero-order valence-corrected chi connectivity index (χ0v) is 11.0. The van der Waals surface area contributed by atoms with Crippen molar-refractivity contribution in [2.45, 2.75) is 25.9 Å². The maximum Gasteiger partial charge on any atom is 0.270 e. The van der Waals surface area contributed by atoms with Crippen LogP contribution >= 0.6 is 0 Å². The summed E-state index contributed by atoms with van der Waals surface area (Å²) >= 11 is 0. The van der Waals surface area contributed by atoms with Gasteiger partial charge in [0.25, 0.3) is 12.1 Å². The van der Waals surface area contributed by atoms with Gasteiger partial charge < -0.3 is 10.1 Å². The highest BCUT2D eigenvalue weighted by molar-refractivity contribution is 5.44. The summed E-state index contributed by atoms with van der Waals surface area (Å²) < 4.78 is 31.6. The van der Waals surface area contributed by atoms with Crippen molar-refractivity contribution in [3.63, 3.8) is 0 Å². The number of ether oxygens (including phenoxy) is 1. The molecular formula is C13H16F2N2O3. The summed E-state index contributed by atoms with van der Waals surface area (Å²) in [7, 11) is 0. The fourth-order valence-corrected chi connectivity index (χ4v) is 2.21. The first-order valence-electron chi connectivity index (χ1n) is 6.43. The van der Waals surface area contributed by atoms with Crippen LogP contribution in [0.5, 0.6) is 5.75 Å². The third-order valence-electron chi connectivity index (χ3n) is 3.47. The third-order valence-corrected chi connectivity index (χ3v) is 3.47. The van der Waals surface area contributed by atoms with Gasteiger partial charge in [0.05, 0.1) is 10.5 Å². The van der Waals surface area contributed by atoms with Crippen LogP contribution in [0.1, 0.15) is 25.3 Å². The number of hydrogen-bond donors (Lipinski definition) is 1. The molecular weight excluding hydrogens is 270 g/mol. The highest BCUT2D eigenvalue weighted by atomic mass is 19.3. The van der Waals surface area contributed by atoms with Gasteiger partial charge >= 0.3 is 0 Å². The van der Waals surface area contributed by atoms with Crippen molar-refractivity contribution >= 4 is 5.69 Å². The first-order valence-corrected chi connectivity index (χ1v) is 6.43. The Bertz CT molecular complexity index is 497. The van der Waals surface area contributed by atoms with Crippen LogP contribution in [0.4, 0.5) is 14.5 Å². The lowest BCUT2D eigenvalue weighted by molar-refractivity contribution is -0.385. The molecule has 0 spiro atoms. The van der Waals surface area contributed by atoms with E-state index in [1.807, 2.05) is 6.92 Å². The number of nitro benzene ring substituents is 1. The topological polar surface area (TPSA) is 64.4 Å². The number of alkyl halides is 2. The molecule has 2 unspecified atom stereocenters. The quantitative estimate of drug-likeness (QED) is 0.682. The molecule has 1 aromatic carbocycles. The molecule has 0 amide bonds. The molecule has 2 rings (SSSR count). The minimum atomic E-state index is -2.81. The Kier molecular flexibility index (Phi) is 4.49. The van der Waals surface area contributed by atoms with Crippen molar-refractivity contribution in [3.8, 4) is 5.75 Å². The fraction of sp³-hybridized carbons (Fsp3) is 0.538. The van der Waals surface area contributed by atoms with E-state index in [0.717, 1.165) is 19.0 Å². The molecule has 2 atom stereocenters. The minimum absolute atomic E-state index is 0.0196. The van der Waals surface area contributed by atoms with Crippen molar-refractivity contribution in [1.82, 2.24) is 5.32 Å². The Morgan fingerprint density at radius 1 is 1.50 bits per heavy atom. The van der Waals surface area contributed by atoms with E-state index in [1.54, 1.807) is 0 Å². The molecule has 1 heterocycles. The molecule has 1 saturated heterocycles. The van der Waals surface area contributed by atoms with Gasteiger partial charge in [-0.05, 0) is 24.9 Å². The van der Waals surface area contributed by atoms with Crippen LogP contribution < -0.4 is 10.1 Å². The van der Waals surface area contributed by atoms with Gasteiger partial charge in [0.2, 0.25) is 0 Å². The summed E-state index contributed by atoms with van der Waals surface area (Å²) in [5.74, 6) is 0.267. The summed E-state index contributed by atoms with van der Waals surface area (Å²) in [5.41, 5.74) is -0.792. The van der Waals surface area contributed by atoms with Crippen molar-refractivity contribution < 1.29 is 18.4 Å². The molecule has 1 N–H and O–H groups in total. The van der Waals surface area contributed by atoms with Gasteiger partial charge in [-0.1, -0.05) is 6.92 Å². The average Bonchev–Trinajstić information content (AvgIpc) is 2.41. The van der Waals surface area contributed by atoms with Crippen LogP contribution in [-0.4, -0.2) is 24.1 Å². The van der Waals surface area contributed by atoms with Crippen molar-refractivity contribution in [3.05, 3.63) is 33.9 Å². The van der Waals surface area contributed by atoms with E-state index < -0.39 is 16.9 Å². The number of rotatable bonds is 4. The molecule has 0 bridgehead atoms. The van der Waals surface area contributed by atoms with E-state index in [1.165, 1.54) is 12.1 Å². The van der Waals surface area contributed by atoms with Gasteiger partial charge in [0.1, 0.15) is 11.9 Å². The number of piperidine rings is 1. The number of nitrogens with zero attached hydrogens (tertiary/aromatic N) is 1. The van der Waals surface area contributed by atoms with Crippen molar-refractivity contribution in [2.24, 2.45) is 5.92 Å². The second-order valence-corrected chi connectivity index (χ2v) is 4.91. The SMILES string of the molecule is CC1CCNCC1Oc1ccc([N+](=O)[O-])cc1C(F)F. The van der Waals surface area contributed by atoms with Gasteiger partial charge in [-0.2, -0.15) is 0 Å². The second-order valence-electron chi connectivity index (χ2n) is 4.91. The number of nitro groups is 1. The molecule has 5 nitrogen and oxygen atoms in total. The molecule has 0 aromatic heterocycles. The minimum Gasteiger partial charge on any atom is -0.488 e. The summed E-state index contributed by atoms with van der Waals surface area (Å²) in [6.07, 6.45) is -2.11. The number of hydrogen-bond acceptors (Lipinski definition) is 4. The summed E-state index contributed by atoms with van der Waals surface area (Å²) in [6.45, 7) is 3.46. The molecule has 110 valence electrons. The molecule has 20 heavy (non-hydrogen) atoms. The Balaban J connectivity index is 2.24. The lowest BCUT2D eigenvalue weighted by Crippen LogP contribution is -2.43. The maximum absolute atomic E-state index is 13.0. The lowest BCUT2D eigenvalue weighted by atomic mass is 9.97.